The number of urea groups is 1. The van der Waals surface area contributed by atoms with E-state index in [4.69, 9.17) is 5.11 Å². The number of nitrogens with one attached hydrogen (secondary N) is 1. The molecular weight excluding hydrogens is 340 g/mol. The molecule has 114 valence electrons. The fraction of sp³-hybridized carbons (Fsp3) is 0.429. The first-order chi connectivity index (χ1) is 9.93. The number of carboxylic acid groups (broad SMARTS) is 1. The molecule has 1 fully saturated rings. The van der Waals surface area contributed by atoms with Crippen molar-refractivity contribution in [3.63, 3.8) is 0 Å². The number of nitrogens with zero attached hydrogens (tertiary/aromatic N) is 1. The molecule has 3 N–H and O–H groups in total. The molecule has 0 saturated carbocycles. The molecule has 1 aliphatic rings. The van der Waals surface area contributed by atoms with E-state index in [0.717, 1.165) is 6.42 Å². The molecule has 2 rings (SSSR count). The van der Waals surface area contributed by atoms with Gasteiger partial charge in [0, 0.05) is 11.0 Å². The van der Waals surface area contributed by atoms with Crippen molar-refractivity contribution in [2.45, 2.75) is 19.4 Å². The van der Waals surface area contributed by atoms with Crippen LogP contribution in [0.1, 0.15) is 23.7 Å². The van der Waals surface area contributed by atoms with Gasteiger partial charge < -0.3 is 20.4 Å². The predicted molar refractivity (Wildman–Crippen MR) is 81.5 cm³/mol. The minimum absolute atomic E-state index is 0.0272. The molecule has 1 heterocycles. The number of aliphatic hydroxyl groups is 1. The third-order valence-electron chi connectivity index (χ3n) is 3.78. The number of amides is 2. The Morgan fingerprint density at radius 3 is 2.81 bits per heavy atom. The summed E-state index contributed by atoms with van der Waals surface area (Å²) in [7, 11) is 0. The van der Waals surface area contributed by atoms with Gasteiger partial charge in [-0.1, -0.05) is 22.9 Å². The Morgan fingerprint density at radius 2 is 2.19 bits per heavy atom. The number of carboxylic acids is 1. The van der Waals surface area contributed by atoms with Gasteiger partial charge in [0.25, 0.3) is 0 Å². The van der Waals surface area contributed by atoms with E-state index in [2.05, 4.69) is 21.2 Å². The Kier molecular flexibility index (Phi) is 4.84. The van der Waals surface area contributed by atoms with Crippen LogP contribution in [0.15, 0.2) is 22.7 Å². The minimum Gasteiger partial charge on any atom is -0.478 e. The van der Waals surface area contributed by atoms with Crippen LogP contribution in [0.4, 0.5) is 10.5 Å². The predicted octanol–water partition coefficient (Wildman–Crippen LogP) is 2.38. The first-order valence-corrected chi connectivity index (χ1v) is 7.44. The summed E-state index contributed by atoms with van der Waals surface area (Å²) in [5, 5.41) is 21.2. The molecule has 6 nitrogen and oxygen atoms in total. The number of carbonyl (C=O) groups excluding carboxylic acids is 1. The highest BCUT2D eigenvalue weighted by molar-refractivity contribution is 9.10. The number of hydrogen-bond acceptors (Lipinski definition) is 3. The Balaban J connectivity index is 2.20. The Hall–Kier alpha value is -1.60. The lowest BCUT2D eigenvalue weighted by molar-refractivity contribution is 0.0698. The fourth-order valence-electron chi connectivity index (χ4n) is 2.53. The van der Waals surface area contributed by atoms with Crippen LogP contribution in [-0.4, -0.2) is 46.3 Å². The molecule has 0 spiro atoms. The third-order valence-corrected chi connectivity index (χ3v) is 4.28. The number of rotatable bonds is 3. The van der Waals surface area contributed by atoms with Crippen molar-refractivity contribution >= 4 is 33.6 Å². The average molecular weight is 357 g/mol. The average Bonchev–Trinajstić information content (AvgIpc) is 2.79. The van der Waals surface area contributed by atoms with Gasteiger partial charge >= 0.3 is 12.0 Å². The van der Waals surface area contributed by atoms with Gasteiger partial charge in [0.1, 0.15) is 0 Å². The summed E-state index contributed by atoms with van der Waals surface area (Å²) in [6.07, 6.45) is 0.822. The van der Waals surface area contributed by atoms with Gasteiger partial charge in [-0.05, 0) is 30.5 Å². The monoisotopic (exact) mass is 356 g/mol. The molecule has 0 aromatic heterocycles. The maximum absolute atomic E-state index is 12.3. The summed E-state index contributed by atoms with van der Waals surface area (Å²) >= 11 is 3.26. The van der Waals surface area contributed by atoms with E-state index in [1.165, 1.54) is 6.07 Å². The number of carbonyl (C=O) groups is 2. The normalized spacial score (nSPS) is 21.4. The largest absolute Gasteiger partial charge is 0.478 e. The van der Waals surface area contributed by atoms with E-state index in [1.807, 2.05) is 6.92 Å². The van der Waals surface area contributed by atoms with Crippen molar-refractivity contribution < 1.29 is 19.8 Å². The molecule has 21 heavy (non-hydrogen) atoms. The Bertz CT molecular complexity index is 564. The fourth-order valence-corrected chi connectivity index (χ4v) is 2.89. The lowest BCUT2D eigenvalue weighted by Gasteiger charge is -2.25. The number of aromatic carboxylic acids is 1. The van der Waals surface area contributed by atoms with Gasteiger partial charge in [-0.3, -0.25) is 0 Å². The van der Waals surface area contributed by atoms with Crippen LogP contribution >= 0.6 is 15.9 Å². The summed E-state index contributed by atoms with van der Waals surface area (Å²) in [6, 6.07) is 3.96. The summed E-state index contributed by atoms with van der Waals surface area (Å²) < 4.78 is 0.677. The first kappa shape index (κ1) is 15.8. The molecule has 1 saturated heterocycles. The Labute approximate surface area is 130 Å². The highest BCUT2D eigenvalue weighted by Gasteiger charge is 2.34. The molecule has 7 heteroatoms. The van der Waals surface area contributed by atoms with Gasteiger partial charge in [0.05, 0.1) is 23.9 Å². The molecule has 2 unspecified atom stereocenters. The van der Waals surface area contributed by atoms with E-state index < -0.39 is 5.97 Å². The maximum Gasteiger partial charge on any atom is 0.337 e. The van der Waals surface area contributed by atoms with Crippen LogP contribution < -0.4 is 5.32 Å². The standard InChI is InChI=1S/C14H17BrN2O4/c1-8-4-5-17(12(8)7-18)14(21)16-11-6-9(15)2-3-10(11)13(19)20/h2-3,6,8,12,18H,4-5,7H2,1H3,(H,16,21)(H,19,20). The highest BCUT2D eigenvalue weighted by atomic mass is 79.9. The van der Waals surface area contributed by atoms with E-state index in [9.17, 15) is 14.7 Å². The summed E-state index contributed by atoms with van der Waals surface area (Å²) in [5.41, 5.74) is 0.262. The molecule has 2 amide bonds. The molecular formula is C14H17BrN2O4. The van der Waals surface area contributed by atoms with Crippen LogP contribution in [0.3, 0.4) is 0 Å². The number of likely N-dealkylation sites (tertiary alicyclic amines) is 1. The van der Waals surface area contributed by atoms with Crippen molar-refractivity contribution in [3.05, 3.63) is 28.2 Å². The van der Waals surface area contributed by atoms with Gasteiger partial charge in [-0.15, -0.1) is 0 Å². The molecule has 1 aliphatic heterocycles. The van der Waals surface area contributed by atoms with Crippen molar-refractivity contribution in [1.29, 1.82) is 0 Å². The Morgan fingerprint density at radius 1 is 1.48 bits per heavy atom. The molecule has 0 bridgehead atoms. The number of hydrogen-bond donors (Lipinski definition) is 3. The zero-order chi connectivity index (χ0) is 15.6. The number of aliphatic hydroxyl groups excluding tert-OH is 1. The zero-order valence-electron chi connectivity index (χ0n) is 11.5. The van der Waals surface area contributed by atoms with Gasteiger partial charge in [-0.2, -0.15) is 0 Å². The van der Waals surface area contributed by atoms with E-state index in [1.54, 1.807) is 17.0 Å². The SMILES string of the molecule is CC1CCN(C(=O)Nc2cc(Br)ccc2C(=O)O)C1CO. The second kappa shape index (κ2) is 6.44. The highest BCUT2D eigenvalue weighted by Crippen LogP contribution is 2.26. The summed E-state index contributed by atoms with van der Waals surface area (Å²) in [5.74, 6) is -0.881. The molecule has 2 atom stereocenters. The quantitative estimate of drug-likeness (QED) is 0.775. The third kappa shape index (κ3) is 3.36. The van der Waals surface area contributed by atoms with E-state index in [-0.39, 0.29) is 35.8 Å². The first-order valence-electron chi connectivity index (χ1n) is 6.65. The molecule has 1 aromatic carbocycles. The van der Waals surface area contributed by atoms with Crippen LogP contribution in [0.25, 0.3) is 0 Å². The van der Waals surface area contributed by atoms with Crippen LogP contribution in [-0.2, 0) is 0 Å². The van der Waals surface area contributed by atoms with Crippen molar-refractivity contribution in [1.82, 2.24) is 4.90 Å². The van der Waals surface area contributed by atoms with Crippen LogP contribution in [0.5, 0.6) is 0 Å². The van der Waals surface area contributed by atoms with Crippen LogP contribution in [0.2, 0.25) is 0 Å². The topological polar surface area (TPSA) is 89.9 Å². The number of anilines is 1. The molecule has 0 aliphatic carbocycles. The number of halogens is 1. The molecule has 1 aromatic rings. The smallest absolute Gasteiger partial charge is 0.337 e. The van der Waals surface area contributed by atoms with Crippen LogP contribution in [0, 0.1) is 5.92 Å². The van der Waals surface area contributed by atoms with Crippen molar-refractivity contribution in [3.8, 4) is 0 Å². The van der Waals surface area contributed by atoms with Gasteiger partial charge in [0.15, 0.2) is 0 Å². The minimum atomic E-state index is -1.11. The van der Waals surface area contributed by atoms with Gasteiger partial charge in [0.2, 0.25) is 0 Å². The lowest BCUT2D eigenvalue weighted by atomic mass is 10.0. The second-order valence-corrected chi connectivity index (χ2v) is 6.05. The molecule has 0 radical (unpaired) electrons. The summed E-state index contributed by atoms with van der Waals surface area (Å²) in [4.78, 5) is 25.1. The second-order valence-electron chi connectivity index (χ2n) is 5.13. The van der Waals surface area contributed by atoms with Crippen molar-refractivity contribution in [2.24, 2.45) is 5.92 Å². The van der Waals surface area contributed by atoms with E-state index >= 15 is 0 Å². The summed E-state index contributed by atoms with van der Waals surface area (Å²) in [6.45, 7) is 2.43. The maximum atomic E-state index is 12.3. The lowest BCUT2D eigenvalue weighted by Crippen LogP contribution is -2.42. The van der Waals surface area contributed by atoms with Crippen molar-refractivity contribution in [2.75, 3.05) is 18.5 Å². The van der Waals surface area contributed by atoms with E-state index in [0.29, 0.717) is 11.0 Å². The van der Waals surface area contributed by atoms with Gasteiger partial charge in [-0.25, -0.2) is 9.59 Å². The number of benzene rings is 1. The zero-order valence-corrected chi connectivity index (χ0v) is 13.1.